The number of hydrogen-bond acceptors (Lipinski definition) is 3. The molecule has 146 valence electrons. The van der Waals surface area contributed by atoms with Gasteiger partial charge in [0.2, 0.25) is 15.9 Å². The van der Waals surface area contributed by atoms with Gasteiger partial charge in [0.25, 0.3) is 0 Å². The van der Waals surface area contributed by atoms with Crippen LogP contribution in [0.2, 0.25) is 10.0 Å². The van der Waals surface area contributed by atoms with Crippen LogP contribution in [0.25, 0.3) is 0 Å². The molecule has 0 heterocycles. The van der Waals surface area contributed by atoms with E-state index >= 15 is 0 Å². The van der Waals surface area contributed by atoms with Gasteiger partial charge in [-0.05, 0) is 36.8 Å². The maximum atomic E-state index is 13.3. The first-order valence-electron chi connectivity index (χ1n) is 7.75. The van der Waals surface area contributed by atoms with Crippen LogP contribution in [0.5, 0.6) is 0 Å². The number of amides is 1. The van der Waals surface area contributed by atoms with Crippen LogP contribution in [-0.4, -0.2) is 26.6 Å². The highest BCUT2D eigenvalue weighted by molar-refractivity contribution is 7.92. The number of sulfonamides is 1. The molecule has 1 N–H and O–H groups in total. The molecule has 5 nitrogen and oxygen atoms in total. The number of rotatable bonds is 6. The first-order valence-corrected chi connectivity index (χ1v) is 10.4. The van der Waals surface area contributed by atoms with Crippen molar-refractivity contribution in [2.24, 2.45) is 0 Å². The molecule has 1 unspecified atom stereocenters. The van der Waals surface area contributed by atoms with Crippen LogP contribution in [0.3, 0.4) is 0 Å². The highest BCUT2D eigenvalue weighted by Crippen LogP contribution is 2.30. The Morgan fingerprint density at radius 2 is 1.78 bits per heavy atom. The van der Waals surface area contributed by atoms with Gasteiger partial charge in [0.1, 0.15) is 6.04 Å². The Bertz CT molecular complexity index is 971. The zero-order valence-corrected chi connectivity index (χ0v) is 16.7. The smallest absolute Gasteiger partial charge is 0.248 e. The third kappa shape index (κ3) is 5.09. The predicted molar refractivity (Wildman–Crippen MR) is 103 cm³/mol. The van der Waals surface area contributed by atoms with E-state index in [1.807, 2.05) is 0 Å². The van der Waals surface area contributed by atoms with Crippen molar-refractivity contribution >= 4 is 50.5 Å². The number of hydrogen-bond donors (Lipinski definition) is 1. The monoisotopic (exact) mass is 436 g/mol. The van der Waals surface area contributed by atoms with Crippen LogP contribution in [0, 0.1) is 11.6 Å². The fourth-order valence-corrected chi connectivity index (χ4v) is 3.98. The minimum absolute atomic E-state index is 0.0000560. The molecule has 0 aliphatic carbocycles. The predicted octanol–water partition coefficient (Wildman–Crippen LogP) is 4.45. The number of carbonyl (C=O) groups excluding carboxylic acids is 1. The summed E-state index contributed by atoms with van der Waals surface area (Å²) in [5.41, 5.74) is 0.152. The third-order valence-electron chi connectivity index (χ3n) is 3.67. The normalized spacial score (nSPS) is 12.5. The van der Waals surface area contributed by atoms with Crippen molar-refractivity contribution in [3.8, 4) is 0 Å². The van der Waals surface area contributed by atoms with Crippen molar-refractivity contribution in [1.82, 2.24) is 0 Å². The molecule has 2 rings (SSSR count). The summed E-state index contributed by atoms with van der Waals surface area (Å²) in [6, 6.07) is 5.86. The van der Waals surface area contributed by atoms with Gasteiger partial charge in [-0.2, -0.15) is 0 Å². The van der Waals surface area contributed by atoms with E-state index in [2.05, 4.69) is 5.32 Å². The van der Waals surface area contributed by atoms with Crippen molar-refractivity contribution in [1.29, 1.82) is 0 Å². The lowest BCUT2D eigenvalue weighted by molar-refractivity contribution is -0.117. The van der Waals surface area contributed by atoms with Crippen LogP contribution in [0.1, 0.15) is 13.3 Å². The lowest BCUT2D eigenvalue weighted by atomic mass is 10.1. The van der Waals surface area contributed by atoms with Gasteiger partial charge in [-0.15, -0.1) is 0 Å². The van der Waals surface area contributed by atoms with Gasteiger partial charge in [0.05, 0.1) is 22.0 Å². The van der Waals surface area contributed by atoms with Gasteiger partial charge in [-0.3, -0.25) is 9.10 Å². The summed E-state index contributed by atoms with van der Waals surface area (Å²) in [7, 11) is -3.87. The van der Waals surface area contributed by atoms with Crippen LogP contribution in [0.4, 0.5) is 20.2 Å². The van der Waals surface area contributed by atoms with Crippen molar-refractivity contribution in [3.63, 3.8) is 0 Å². The van der Waals surface area contributed by atoms with Crippen LogP contribution >= 0.6 is 23.2 Å². The summed E-state index contributed by atoms with van der Waals surface area (Å²) in [5, 5.41) is 2.75. The van der Waals surface area contributed by atoms with Gasteiger partial charge >= 0.3 is 0 Å². The van der Waals surface area contributed by atoms with E-state index in [-0.39, 0.29) is 27.8 Å². The summed E-state index contributed by atoms with van der Waals surface area (Å²) in [6.45, 7) is 1.62. The zero-order valence-electron chi connectivity index (χ0n) is 14.3. The molecule has 0 saturated carbocycles. The molecule has 0 aliphatic heterocycles. The molecule has 0 radical (unpaired) electrons. The van der Waals surface area contributed by atoms with Gasteiger partial charge in [0.15, 0.2) is 11.6 Å². The Balaban J connectivity index is 2.40. The van der Waals surface area contributed by atoms with E-state index < -0.39 is 33.6 Å². The summed E-state index contributed by atoms with van der Waals surface area (Å²) in [4.78, 5) is 12.7. The number of nitrogens with zero attached hydrogens (tertiary/aromatic N) is 1. The zero-order chi connectivity index (χ0) is 20.4. The van der Waals surface area contributed by atoms with Crippen molar-refractivity contribution < 1.29 is 22.0 Å². The Labute approximate surface area is 165 Å². The van der Waals surface area contributed by atoms with Crippen LogP contribution in [-0.2, 0) is 14.8 Å². The molecule has 2 aromatic rings. The SMILES string of the molecule is CCC(C(=O)Nc1ccc(F)c(F)c1)N(c1ccc(Cl)c(Cl)c1)S(C)(=O)=O. The average Bonchev–Trinajstić information content (AvgIpc) is 2.57. The highest BCUT2D eigenvalue weighted by Gasteiger charge is 2.32. The second kappa shape index (κ2) is 8.41. The minimum atomic E-state index is -3.87. The molecule has 1 amide bonds. The van der Waals surface area contributed by atoms with E-state index in [9.17, 15) is 22.0 Å². The van der Waals surface area contributed by atoms with E-state index in [0.717, 1.165) is 22.7 Å². The first-order chi connectivity index (χ1) is 12.5. The number of nitrogens with one attached hydrogen (secondary N) is 1. The van der Waals surface area contributed by atoms with Crippen molar-refractivity contribution in [3.05, 3.63) is 58.1 Å². The Hall–Kier alpha value is -1.90. The Morgan fingerprint density at radius 1 is 1.11 bits per heavy atom. The highest BCUT2D eigenvalue weighted by atomic mass is 35.5. The van der Waals surface area contributed by atoms with Gasteiger partial charge in [-0.1, -0.05) is 30.1 Å². The molecule has 27 heavy (non-hydrogen) atoms. The maximum Gasteiger partial charge on any atom is 0.248 e. The van der Waals surface area contributed by atoms with Gasteiger partial charge < -0.3 is 5.32 Å². The Kier molecular flexibility index (Phi) is 6.67. The van der Waals surface area contributed by atoms with E-state index in [0.29, 0.717) is 0 Å². The minimum Gasteiger partial charge on any atom is -0.324 e. The summed E-state index contributed by atoms with van der Waals surface area (Å²) >= 11 is 11.8. The molecule has 1 atom stereocenters. The largest absolute Gasteiger partial charge is 0.324 e. The summed E-state index contributed by atoms with van der Waals surface area (Å²) in [6.07, 6.45) is 1.06. The van der Waals surface area contributed by atoms with E-state index in [1.54, 1.807) is 6.92 Å². The number of benzene rings is 2. The molecular weight excluding hydrogens is 421 g/mol. The second-order valence-corrected chi connectivity index (χ2v) is 8.37. The molecule has 0 saturated heterocycles. The van der Waals surface area contributed by atoms with E-state index in [4.69, 9.17) is 23.2 Å². The van der Waals surface area contributed by atoms with Gasteiger partial charge in [-0.25, -0.2) is 17.2 Å². The second-order valence-electron chi connectivity index (χ2n) is 5.70. The Morgan fingerprint density at radius 3 is 2.30 bits per heavy atom. The fraction of sp³-hybridized carbons (Fsp3) is 0.235. The maximum absolute atomic E-state index is 13.3. The molecule has 10 heteroatoms. The molecule has 0 aromatic heterocycles. The van der Waals surface area contributed by atoms with E-state index in [1.165, 1.54) is 24.3 Å². The first kappa shape index (κ1) is 21.4. The lowest BCUT2D eigenvalue weighted by Gasteiger charge is -2.30. The van der Waals surface area contributed by atoms with Gasteiger partial charge in [0, 0.05) is 11.8 Å². The number of anilines is 2. The third-order valence-corrected chi connectivity index (χ3v) is 5.59. The summed E-state index contributed by atoms with van der Waals surface area (Å²) < 4.78 is 52.0. The molecule has 0 aliphatic rings. The van der Waals surface area contributed by atoms with Crippen molar-refractivity contribution in [2.45, 2.75) is 19.4 Å². The fourth-order valence-electron chi connectivity index (χ4n) is 2.48. The topological polar surface area (TPSA) is 66.5 Å². The van der Waals surface area contributed by atoms with Crippen LogP contribution < -0.4 is 9.62 Å². The lowest BCUT2D eigenvalue weighted by Crippen LogP contribution is -2.47. The molecule has 2 aromatic carbocycles. The number of halogens is 4. The standard InChI is InChI=1S/C17H16Cl2F2N2O3S/c1-3-16(17(24)22-10-4-7-14(20)15(21)8-10)23(27(2,25)26)11-5-6-12(18)13(19)9-11/h4-9,16H,3H2,1-2H3,(H,22,24). The van der Waals surface area contributed by atoms with Crippen LogP contribution in [0.15, 0.2) is 36.4 Å². The molecular formula is C17H16Cl2F2N2O3S. The number of carbonyl (C=O) groups is 1. The molecule has 0 bridgehead atoms. The quantitative estimate of drug-likeness (QED) is 0.726. The molecule has 0 spiro atoms. The average molecular weight is 437 g/mol. The van der Waals surface area contributed by atoms with Crippen molar-refractivity contribution in [2.75, 3.05) is 15.9 Å². The summed E-state index contributed by atoms with van der Waals surface area (Å²) in [5.74, 6) is -2.90. The molecule has 0 fully saturated rings.